The van der Waals surface area contributed by atoms with E-state index in [1.165, 1.54) is 0 Å². The molecule has 2 aromatic heterocycles. The molecule has 0 aliphatic rings. The second-order valence-corrected chi connectivity index (χ2v) is 5.02. The van der Waals surface area contributed by atoms with Gasteiger partial charge in [-0.25, -0.2) is 0 Å². The highest BCUT2D eigenvalue weighted by atomic mass is 16.3. The third-order valence-electron chi connectivity index (χ3n) is 3.13. The van der Waals surface area contributed by atoms with Crippen LogP contribution in [0.15, 0.2) is 48.8 Å². The summed E-state index contributed by atoms with van der Waals surface area (Å²) in [5.41, 5.74) is 1.98. The minimum absolute atomic E-state index is 0.414. The molecular formula is C16H22N4O. The molecule has 2 N–H and O–H groups in total. The number of nitrogens with zero attached hydrogens (tertiary/aromatic N) is 3. The van der Waals surface area contributed by atoms with Gasteiger partial charge in [-0.05, 0) is 31.3 Å². The van der Waals surface area contributed by atoms with E-state index in [0.717, 1.165) is 11.4 Å². The lowest BCUT2D eigenvalue weighted by atomic mass is 10.2. The molecule has 2 aromatic rings. The number of nitrogens with one attached hydrogen (secondary N) is 1. The van der Waals surface area contributed by atoms with Crippen molar-refractivity contribution in [2.45, 2.75) is 19.2 Å². The van der Waals surface area contributed by atoms with Crippen LogP contribution in [0, 0.1) is 0 Å². The SMILES string of the molecule is CNCC(O)CN(Cc1ccccn1)Cc1ccccn1. The average molecular weight is 286 g/mol. The van der Waals surface area contributed by atoms with Crippen LogP contribution in [0.25, 0.3) is 0 Å². The van der Waals surface area contributed by atoms with Gasteiger partial charge in [-0.3, -0.25) is 14.9 Å². The van der Waals surface area contributed by atoms with Gasteiger partial charge in [-0.1, -0.05) is 12.1 Å². The fourth-order valence-electron chi connectivity index (χ4n) is 2.22. The van der Waals surface area contributed by atoms with E-state index in [0.29, 0.717) is 26.2 Å². The third-order valence-corrected chi connectivity index (χ3v) is 3.13. The smallest absolute Gasteiger partial charge is 0.0791 e. The molecule has 2 rings (SSSR count). The zero-order chi connectivity index (χ0) is 14.9. The molecule has 0 fully saturated rings. The Labute approximate surface area is 125 Å². The first-order valence-electron chi connectivity index (χ1n) is 7.13. The van der Waals surface area contributed by atoms with Gasteiger partial charge in [0.25, 0.3) is 0 Å². The second kappa shape index (κ2) is 8.46. The Balaban J connectivity index is 2.02. The quantitative estimate of drug-likeness (QED) is 0.760. The van der Waals surface area contributed by atoms with Gasteiger partial charge in [0.2, 0.25) is 0 Å². The monoisotopic (exact) mass is 286 g/mol. The molecule has 0 spiro atoms. The molecule has 112 valence electrons. The molecule has 5 nitrogen and oxygen atoms in total. The van der Waals surface area contributed by atoms with Crippen LogP contribution in [0.1, 0.15) is 11.4 Å². The molecule has 0 radical (unpaired) electrons. The lowest BCUT2D eigenvalue weighted by Crippen LogP contribution is -2.37. The standard InChI is InChI=1S/C16H22N4O/c1-17-10-16(21)13-20(11-14-6-2-4-8-18-14)12-15-7-3-5-9-19-15/h2-9,16-17,21H,10-13H2,1H3. The van der Waals surface area contributed by atoms with Crippen molar-refractivity contribution in [1.82, 2.24) is 20.2 Å². The zero-order valence-corrected chi connectivity index (χ0v) is 12.3. The van der Waals surface area contributed by atoms with E-state index >= 15 is 0 Å². The zero-order valence-electron chi connectivity index (χ0n) is 12.3. The molecule has 21 heavy (non-hydrogen) atoms. The van der Waals surface area contributed by atoms with Crippen LogP contribution in [0.4, 0.5) is 0 Å². The van der Waals surface area contributed by atoms with E-state index in [9.17, 15) is 5.11 Å². The molecule has 0 aliphatic heterocycles. The van der Waals surface area contributed by atoms with Crippen molar-refractivity contribution in [2.24, 2.45) is 0 Å². The Kier molecular flexibility index (Phi) is 6.27. The van der Waals surface area contributed by atoms with E-state index in [-0.39, 0.29) is 0 Å². The predicted octanol–water partition coefficient (Wildman–Crippen LogP) is 1.06. The molecule has 0 bridgehead atoms. The molecule has 0 aliphatic carbocycles. The number of likely N-dealkylation sites (N-methyl/N-ethyl adjacent to an activating group) is 1. The molecule has 1 unspecified atom stereocenters. The van der Waals surface area contributed by atoms with Gasteiger partial charge in [0.1, 0.15) is 0 Å². The summed E-state index contributed by atoms with van der Waals surface area (Å²) < 4.78 is 0. The van der Waals surface area contributed by atoms with Crippen LogP contribution in [0.5, 0.6) is 0 Å². The van der Waals surface area contributed by atoms with Crippen molar-refractivity contribution in [2.75, 3.05) is 20.1 Å². The minimum atomic E-state index is -0.414. The van der Waals surface area contributed by atoms with Gasteiger partial charge < -0.3 is 10.4 Å². The topological polar surface area (TPSA) is 61.3 Å². The molecule has 1 atom stereocenters. The van der Waals surface area contributed by atoms with E-state index in [1.807, 2.05) is 43.4 Å². The lowest BCUT2D eigenvalue weighted by molar-refractivity contribution is 0.104. The summed E-state index contributed by atoms with van der Waals surface area (Å²) in [6.45, 7) is 2.53. The largest absolute Gasteiger partial charge is 0.390 e. The summed E-state index contributed by atoms with van der Waals surface area (Å²) >= 11 is 0. The normalized spacial score (nSPS) is 12.5. The third kappa shape index (κ3) is 5.59. The first kappa shape index (κ1) is 15.6. The Hall–Kier alpha value is -1.82. The molecule has 0 saturated carbocycles. The fraction of sp³-hybridized carbons (Fsp3) is 0.375. The number of aliphatic hydroxyl groups is 1. The van der Waals surface area contributed by atoms with Crippen molar-refractivity contribution < 1.29 is 5.11 Å². The number of hydrogen-bond acceptors (Lipinski definition) is 5. The Morgan fingerprint density at radius 3 is 2.05 bits per heavy atom. The summed E-state index contributed by atoms with van der Waals surface area (Å²) in [5.74, 6) is 0. The highest BCUT2D eigenvalue weighted by molar-refractivity contribution is 5.06. The highest BCUT2D eigenvalue weighted by Crippen LogP contribution is 2.07. The van der Waals surface area contributed by atoms with Gasteiger partial charge in [-0.2, -0.15) is 0 Å². The number of aromatic nitrogens is 2. The van der Waals surface area contributed by atoms with Crippen molar-refractivity contribution in [3.05, 3.63) is 60.2 Å². The fourth-order valence-corrected chi connectivity index (χ4v) is 2.22. The van der Waals surface area contributed by atoms with Crippen LogP contribution in [0.3, 0.4) is 0 Å². The van der Waals surface area contributed by atoms with E-state index in [4.69, 9.17) is 0 Å². The van der Waals surface area contributed by atoms with E-state index < -0.39 is 6.10 Å². The summed E-state index contributed by atoms with van der Waals surface area (Å²) in [4.78, 5) is 10.9. The average Bonchev–Trinajstić information content (AvgIpc) is 2.49. The van der Waals surface area contributed by atoms with Crippen molar-refractivity contribution in [3.8, 4) is 0 Å². The Bertz CT molecular complexity index is 465. The number of hydrogen-bond donors (Lipinski definition) is 2. The van der Waals surface area contributed by atoms with Crippen LogP contribution in [-0.4, -0.2) is 46.2 Å². The first-order chi connectivity index (χ1) is 10.3. The van der Waals surface area contributed by atoms with Crippen LogP contribution in [-0.2, 0) is 13.1 Å². The van der Waals surface area contributed by atoms with Gasteiger partial charge in [0.15, 0.2) is 0 Å². The highest BCUT2D eigenvalue weighted by Gasteiger charge is 2.13. The second-order valence-electron chi connectivity index (χ2n) is 5.02. The predicted molar refractivity (Wildman–Crippen MR) is 82.5 cm³/mol. The molecular weight excluding hydrogens is 264 g/mol. The maximum Gasteiger partial charge on any atom is 0.0791 e. The van der Waals surface area contributed by atoms with Crippen LogP contribution >= 0.6 is 0 Å². The number of pyridine rings is 2. The van der Waals surface area contributed by atoms with Crippen LogP contribution < -0.4 is 5.32 Å². The van der Waals surface area contributed by atoms with Crippen LogP contribution in [0.2, 0.25) is 0 Å². The van der Waals surface area contributed by atoms with E-state index in [2.05, 4.69) is 20.2 Å². The molecule has 0 amide bonds. The summed E-state index contributed by atoms with van der Waals surface area (Å²) in [7, 11) is 1.84. The first-order valence-corrected chi connectivity index (χ1v) is 7.13. The number of aliphatic hydroxyl groups excluding tert-OH is 1. The summed E-state index contributed by atoms with van der Waals surface area (Å²) in [5, 5.41) is 13.0. The summed E-state index contributed by atoms with van der Waals surface area (Å²) in [6.07, 6.45) is 3.17. The Morgan fingerprint density at radius 1 is 1.05 bits per heavy atom. The minimum Gasteiger partial charge on any atom is -0.390 e. The summed E-state index contributed by atoms with van der Waals surface area (Å²) in [6, 6.07) is 11.8. The maximum atomic E-state index is 10.0. The number of rotatable bonds is 8. The van der Waals surface area contributed by atoms with Gasteiger partial charge in [0.05, 0.1) is 17.5 Å². The van der Waals surface area contributed by atoms with Crippen molar-refractivity contribution in [3.63, 3.8) is 0 Å². The van der Waals surface area contributed by atoms with Crippen molar-refractivity contribution >= 4 is 0 Å². The Morgan fingerprint density at radius 2 is 1.62 bits per heavy atom. The van der Waals surface area contributed by atoms with Gasteiger partial charge in [0, 0.05) is 38.6 Å². The maximum absolute atomic E-state index is 10.0. The molecule has 0 aromatic carbocycles. The van der Waals surface area contributed by atoms with E-state index in [1.54, 1.807) is 12.4 Å². The molecule has 0 saturated heterocycles. The lowest BCUT2D eigenvalue weighted by Gasteiger charge is -2.24. The molecule has 2 heterocycles. The van der Waals surface area contributed by atoms with Gasteiger partial charge >= 0.3 is 0 Å². The van der Waals surface area contributed by atoms with Crippen molar-refractivity contribution in [1.29, 1.82) is 0 Å². The van der Waals surface area contributed by atoms with Gasteiger partial charge in [-0.15, -0.1) is 0 Å². The molecule has 5 heteroatoms.